The second-order valence-electron chi connectivity index (χ2n) is 4.08. The van der Waals surface area contributed by atoms with Crippen molar-refractivity contribution in [2.24, 2.45) is 5.73 Å². The third kappa shape index (κ3) is 3.08. The van der Waals surface area contributed by atoms with E-state index >= 15 is 0 Å². The minimum absolute atomic E-state index is 0.00388. The number of primary amides is 1. The standard InChI is InChI=1S/C11H11BrN4O3/c12-8-5-9-7(4-10(8)16(18)19)6-15(14-9)3-1-2-11(13)17/h4-6H,1-3H2,(H2,13,17). The molecule has 100 valence electrons. The van der Waals surface area contributed by atoms with Gasteiger partial charge in [0, 0.05) is 30.6 Å². The Morgan fingerprint density at radius 1 is 1.53 bits per heavy atom. The number of carbonyl (C=O) groups is 1. The predicted octanol–water partition coefficient (Wildman–Crippen LogP) is 1.97. The van der Waals surface area contributed by atoms with Gasteiger partial charge in [-0.25, -0.2) is 0 Å². The van der Waals surface area contributed by atoms with Crippen LogP contribution in [0.5, 0.6) is 0 Å². The summed E-state index contributed by atoms with van der Waals surface area (Å²) in [6.45, 7) is 0.545. The lowest BCUT2D eigenvalue weighted by Crippen LogP contribution is -2.11. The average molecular weight is 327 g/mol. The van der Waals surface area contributed by atoms with Gasteiger partial charge in [0.1, 0.15) is 0 Å². The van der Waals surface area contributed by atoms with Crippen molar-refractivity contribution in [1.82, 2.24) is 9.78 Å². The van der Waals surface area contributed by atoms with Crippen molar-refractivity contribution in [2.45, 2.75) is 19.4 Å². The number of aromatic nitrogens is 2. The number of hydrogen-bond donors (Lipinski definition) is 1. The number of nitro benzene ring substituents is 1. The molecule has 0 saturated heterocycles. The molecular formula is C11H11BrN4O3. The van der Waals surface area contributed by atoms with Gasteiger partial charge in [-0.05, 0) is 28.4 Å². The maximum absolute atomic E-state index is 10.8. The molecule has 1 amide bonds. The summed E-state index contributed by atoms with van der Waals surface area (Å²) in [4.78, 5) is 21.0. The van der Waals surface area contributed by atoms with Gasteiger partial charge in [-0.1, -0.05) is 0 Å². The summed E-state index contributed by atoms with van der Waals surface area (Å²) in [6, 6.07) is 3.08. The fraction of sp³-hybridized carbons (Fsp3) is 0.273. The largest absolute Gasteiger partial charge is 0.370 e. The second kappa shape index (κ2) is 5.35. The number of nitrogens with zero attached hydrogens (tertiary/aromatic N) is 3. The number of hydrogen-bond acceptors (Lipinski definition) is 4. The molecule has 19 heavy (non-hydrogen) atoms. The zero-order valence-corrected chi connectivity index (χ0v) is 11.5. The molecule has 7 nitrogen and oxygen atoms in total. The van der Waals surface area contributed by atoms with Crippen LogP contribution in [0.2, 0.25) is 0 Å². The van der Waals surface area contributed by atoms with Crippen LogP contribution in [-0.2, 0) is 11.3 Å². The number of rotatable bonds is 5. The third-order valence-electron chi connectivity index (χ3n) is 2.63. The summed E-state index contributed by atoms with van der Waals surface area (Å²) >= 11 is 3.15. The molecule has 0 atom stereocenters. The van der Waals surface area contributed by atoms with E-state index in [1.54, 1.807) is 16.9 Å². The highest BCUT2D eigenvalue weighted by Gasteiger charge is 2.14. The Labute approximate surface area is 116 Å². The molecule has 0 aliphatic rings. The van der Waals surface area contributed by atoms with E-state index in [1.807, 2.05) is 0 Å². The molecule has 0 saturated carbocycles. The second-order valence-corrected chi connectivity index (χ2v) is 4.94. The van der Waals surface area contributed by atoms with E-state index in [0.29, 0.717) is 34.8 Å². The van der Waals surface area contributed by atoms with Crippen LogP contribution >= 0.6 is 15.9 Å². The van der Waals surface area contributed by atoms with Crippen LogP contribution < -0.4 is 5.73 Å². The average Bonchev–Trinajstić information content (AvgIpc) is 2.68. The maximum Gasteiger partial charge on any atom is 0.284 e. The smallest absolute Gasteiger partial charge is 0.284 e. The molecule has 0 radical (unpaired) electrons. The van der Waals surface area contributed by atoms with E-state index < -0.39 is 4.92 Å². The summed E-state index contributed by atoms with van der Waals surface area (Å²) in [5.74, 6) is -0.352. The number of benzene rings is 1. The topological polar surface area (TPSA) is 104 Å². The van der Waals surface area contributed by atoms with E-state index in [4.69, 9.17) is 5.73 Å². The summed E-state index contributed by atoms with van der Waals surface area (Å²) in [5.41, 5.74) is 5.72. The first-order valence-electron chi connectivity index (χ1n) is 5.57. The number of fused-ring (bicyclic) bond motifs is 1. The number of nitrogens with two attached hydrogens (primary N) is 1. The van der Waals surface area contributed by atoms with Gasteiger partial charge in [-0.2, -0.15) is 5.10 Å². The van der Waals surface area contributed by atoms with Gasteiger partial charge in [0.2, 0.25) is 5.91 Å². The highest BCUT2D eigenvalue weighted by molar-refractivity contribution is 9.10. The molecule has 2 aromatic rings. The number of nitro groups is 1. The van der Waals surface area contributed by atoms with Crippen molar-refractivity contribution in [3.63, 3.8) is 0 Å². The van der Waals surface area contributed by atoms with E-state index in [2.05, 4.69) is 21.0 Å². The third-order valence-corrected chi connectivity index (χ3v) is 3.26. The van der Waals surface area contributed by atoms with Crippen molar-refractivity contribution < 1.29 is 9.72 Å². The molecule has 0 fully saturated rings. The SMILES string of the molecule is NC(=O)CCCn1cc2cc([N+](=O)[O-])c(Br)cc2n1. The minimum Gasteiger partial charge on any atom is -0.370 e. The molecule has 8 heteroatoms. The van der Waals surface area contributed by atoms with Crippen LogP contribution in [-0.4, -0.2) is 20.6 Å². The Hall–Kier alpha value is -1.96. The lowest BCUT2D eigenvalue weighted by molar-refractivity contribution is -0.385. The molecule has 1 heterocycles. The fourth-order valence-electron chi connectivity index (χ4n) is 1.76. The Bertz CT molecular complexity index is 653. The van der Waals surface area contributed by atoms with Gasteiger partial charge in [0.15, 0.2) is 0 Å². The molecule has 0 aliphatic heterocycles. The minimum atomic E-state index is -0.450. The van der Waals surface area contributed by atoms with Crippen molar-refractivity contribution in [3.8, 4) is 0 Å². The molecule has 1 aromatic heterocycles. The van der Waals surface area contributed by atoms with Gasteiger partial charge in [0.05, 0.1) is 14.9 Å². The molecule has 0 unspecified atom stereocenters. The highest BCUT2D eigenvalue weighted by Crippen LogP contribution is 2.29. The lowest BCUT2D eigenvalue weighted by Gasteiger charge is -1.97. The Balaban J connectivity index is 2.25. The molecule has 2 N–H and O–H groups in total. The predicted molar refractivity (Wildman–Crippen MR) is 72.5 cm³/mol. The number of carbonyl (C=O) groups excluding carboxylic acids is 1. The van der Waals surface area contributed by atoms with E-state index in [1.165, 1.54) is 6.07 Å². The van der Waals surface area contributed by atoms with Gasteiger partial charge in [-0.15, -0.1) is 0 Å². The monoisotopic (exact) mass is 326 g/mol. The number of aryl methyl sites for hydroxylation is 1. The van der Waals surface area contributed by atoms with Crippen LogP contribution in [0.3, 0.4) is 0 Å². The quantitative estimate of drug-likeness (QED) is 0.669. The molecule has 0 aliphatic carbocycles. The van der Waals surface area contributed by atoms with Crippen LogP contribution in [0, 0.1) is 10.1 Å². The Morgan fingerprint density at radius 3 is 2.89 bits per heavy atom. The molecule has 0 bridgehead atoms. The first-order valence-corrected chi connectivity index (χ1v) is 6.36. The lowest BCUT2D eigenvalue weighted by atomic mass is 10.2. The maximum atomic E-state index is 10.8. The van der Waals surface area contributed by atoms with E-state index in [-0.39, 0.29) is 11.6 Å². The number of halogens is 1. The molecular weight excluding hydrogens is 316 g/mol. The van der Waals surface area contributed by atoms with Crippen LogP contribution in [0.4, 0.5) is 5.69 Å². The first-order chi connectivity index (χ1) is 8.97. The van der Waals surface area contributed by atoms with Crippen molar-refractivity contribution in [2.75, 3.05) is 0 Å². The fourth-order valence-corrected chi connectivity index (χ4v) is 2.23. The highest BCUT2D eigenvalue weighted by atomic mass is 79.9. The van der Waals surface area contributed by atoms with Crippen molar-refractivity contribution in [3.05, 3.63) is 32.9 Å². The summed E-state index contributed by atoms with van der Waals surface area (Å²) in [6.07, 6.45) is 2.60. The van der Waals surface area contributed by atoms with E-state index in [0.717, 1.165) is 0 Å². The molecule has 0 spiro atoms. The van der Waals surface area contributed by atoms with Gasteiger partial charge >= 0.3 is 0 Å². The zero-order chi connectivity index (χ0) is 14.0. The van der Waals surface area contributed by atoms with Gasteiger partial charge < -0.3 is 5.73 Å². The van der Waals surface area contributed by atoms with E-state index in [9.17, 15) is 14.9 Å². The Morgan fingerprint density at radius 2 is 2.26 bits per heavy atom. The molecule has 1 aromatic carbocycles. The molecule has 2 rings (SSSR count). The first kappa shape index (κ1) is 13.5. The zero-order valence-electron chi connectivity index (χ0n) is 9.88. The summed E-state index contributed by atoms with van der Waals surface area (Å²) < 4.78 is 2.05. The van der Waals surface area contributed by atoms with Gasteiger partial charge in [0.25, 0.3) is 5.69 Å². The summed E-state index contributed by atoms with van der Waals surface area (Å²) in [7, 11) is 0. The summed E-state index contributed by atoms with van der Waals surface area (Å²) in [5, 5.41) is 15.8. The normalized spacial score (nSPS) is 10.8. The van der Waals surface area contributed by atoms with Crippen LogP contribution in [0.25, 0.3) is 10.9 Å². The van der Waals surface area contributed by atoms with Crippen LogP contribution in [0.1, 0.15) is 12.8 Å². The van der Waals surface area contributed by atoms with Crippen molar-refractivity contribution in [1.29, 1.82) is 0 Å². The van der Waals surface area contributed by atoms with Gasteiger partial charge in [-0.3, -0.25) is 19.6 Å². The van der Waals surface area contributed by atoms with Crippen LogP contribution in [0.15, 0.2) is 22.8 Å². The number of amides is 1. The Kier molecular flexibility index (Phi) is 3.79. The van der Waals surface area contributed by atoms with Crippen molar-refractivity contribution >= 4 is 38.4 Å².